The third-order valence-corrected chi connectivity index (χ3v) is 6.76. The van der Waals surface area contributed by atoms with Gasteiger partial charge < -0.3 is 13.9 Å². The van der Waals surface area contributed by atoms with Crippen LogP contribution in [-0.2, 0) is 4.74 Å². The second-order valence-corrected chi connectivity index (χ2v) is 9.54. The van der Waals surface area contributed by atoms with Crippen LogP contribution < -0.4 is 10.4 Å². The van der Waals surface area contributed by atoms with Gasteiger partial charge in [0.05, 0.1) is 25.0 Å². The maximum Gasteiger partial charge on any atom is 0.344 e. The number of unbranched alkanes of at least 4 members (excludes halogenated alkanes) is 9. The van der Waals surface area contributed by atoms with Crippen molar-refractivity contribution in [3.8, 4) is 17.0 Å². The van der Waals surface area contributed by atoms with Gasteiger partial charge in [0.15, 0.2) is 0 Å². The number of pyridine rings is 1. The Labute approximate surface area is 212 Å². The molecule has 0 unspecified atom stereocenters. The van der Waals surface area contributed by atoms with Gasteiger partial charge in [0.1, 0.15) is 5.58 Å². The molecule has 0 aliphatic rings. The van der Waals surface area contributed by atoms with Crippen molar-refractivity contribution in [1.82, 2.24) is 4.98 Å². The van der Waals surface area contributed by atoms with E-state index in [1.165, 1.54) is 51.2 Å². The molecule has 0 aliphatic heterocycles. The molecule has 0 amide bonds. The molecule has 0 bridgehead atoms. The Balaban J connectivity index is 1.34. The van der Waals surface area contributed by atoms with Gasteiger partial charge in [-0.2, -0.15) is 0 Å². The zero-order valence-corrected chi connectivity index (χ0v) is 21.6. The van der Waals surface area contributed by atoms with Crippen LogP contribution in [0.5, 0.6) is 5.88 Å². The molecule has 35 heavy (non-hydrogen) atoms. The van der Waals surface area contributed by atoms with Crippen LogP contribution in [0.25, 0.3) is 22.1 Å². The van der Waals surface area contributed by atoms with Crippen molar-refractivity contribution >= 4 is 22.7 Å². The average Bonchev–Trinajstić information content (AvgIpc) is 2.88. The van der Waals surface area contributed by atoms with Gasteiger partial charge in [-0.05, 0) is 42.9 Å². The summed E-state index contributed by atoms with van der Waals surface area (Å²) in [6.07, 6.45) is 17.5. The molecule has 0 fully saturated rings. The lowest BCUT2D eigenvalue weighted by atomic mass is 10.1. The lowest BCUT2D eigenvalue weighted by Crippen LogP contribution is -2.04. The Morgan fingerprint density at radius 2 is 1.54 bits per heavy atom. The molecular weight excluding hydrogens is 458 g/mol. The predicted molar refractivity (Wildman–Crippen MR) is 145 cm³/mol. The fraction of sp³-hybridized carbons (Fsp3) is 0.448. The predicted octanol–water partition coefficient (Wildman–Crippen LogP) is 8.02. The van der Waals surface area contributed by atoms with Crippen LogP contribution >= 0.6 is 11.8 Å². The van der Waals surface area contributed by atoms with Crippen molar-refractivity contribution < 1.29 is 13.9 Å². The Bertz CT molecular complexity index is 1090. The van der Waals surface area contributed by atoms with Crippen LogP contribution in [0.2, 0.25) is 0 Å². The highest BCUT2D eigenvalue weighted by Crippen LogP contribution is 2.25. The number of rotatable bonds is 17. The molecule has 0 saturated heterocycles. The van der Waals surface area contributed by atoms with Gasteiger partial charge in [0, 0.05) is 22.5 Å². The summed E-state index contributed by atoms with van der Waals surface area (Å²) in [5.41, 5.74) is 1.53. The van der Waals surface area contributed by atoms with E-state index in [1.807, 2.05) is 36.6 Å². The second kappa shape index (κ2) is 15.3. The first-order valence-corrected chi connectivity index (χ1v) is 13.9. The van der Waals surface area contributed by atoms with Gasteiger partial charge in [0.25, 0.3) is 0 Å². The highest BCUT2D eigenvalue weighted by atomic mass is 32.2. The Kier molecular flexibility index (Phi) is 11.7. The number of aromatic nitrogens is 1. The standard InChI is InChI=1S/C29H37NO4S/c1-3-32-18-12-10-8-6-4-5-7-9-11-13-19-33-28-21-27-24(22-30-28)20-26(29(31)34-27)23-14-16-25(35-2)17-15-23/h3,14-17,20-22H,1,4-13,18-19H2,2H3. The molecule has 0 N–H and O–H groups in total. The van der Waals surface area contributed by atoms with E-state index in [-0.39, 0.29) is 5.63 Å². The highest BCUT2D eigenvalue weighted by molar-refractivity contribution is 7.98. The third-order valence-electron chi connectivity index (χ3n) is 6.02. The number of fused-ring (bicyclic) bond motifs is 1. The van der Waals surface area contributed by atoms with Crippen molar-refractivity contribution in [1.29, 1.82) is 0 Å². The fourth-order valence-electron chi connectivity index (χ4n) is 4.01. The number of thioether (sulfide) groups is 1. The van der Waals surface area contributed by atoms with Crippen LogP contribution in [-0.4, -0.2) is 24.5 Å². The number of ether oxygens (including phenoxy) is 2. The molecule has 0 aliphatic carbocycles. The third kappa shape index (κ3) is 9.10. The van der Waals surface area contributed by atoms with E-state index in [9.17, 15) is 4.79 Å². The summed E-state index contributed by atoms with van der Waals surface area (Å²) in [6.45, 7) is 4.97. The Hall–Kier alpha value is -2.73. The summed E-state index contributed by atoms with van der Waals surface area (Å²) < 4.78 is 16.5. The highest BCUT2D eigenvalue weighted by Gasteiger charge is 2.10. The maximum atomic E-state index is 12.6. The maximum absolute atomic E-state index is 12.6. The Morgan fingerprint density at radius 1 is 0.914 bits per heavy atom. The average molecular weight is 496 g/mol. The van der Waals surface area contributed by atoms with Crippen LogP contribution in [0, 0.1) is 0 Å². The minimum absolute atomic E-state index is 0.353. The van der Waals surface area contributed by atoms with E-state index >= 15 is 0 Å². The van der Waals surface area contributed by atoms with Gasteiger partial charge in [-0.1, -0.05) is 70.1 Å². The lowest BCUT2D eigenvalue weighted by Gasteiger charge is -2.07. The molecule has 0 spiro atoms. The van der Waals surface area contributed by atoms with Crippen LogP contribution in [0.15, 0.2) is 69.5 Å². The van der Waals surface area contributed by atoms with Crippen molar-refractivity contribution in [2.75, 3.05) is 19.5 Å². The van der Waals surface area contributed by atoms with E-state index in [2.05, 4.69) is 11.6 Å². The fourth-order valence-corrected chi connectivity index (χ4v) is 4.42. The van der Waals surface area contributed by atoms with Crippen molar-refractivity contribution in [3.63, 3.8) is 0 Å². The van der Waals surface area contributed by atoms with E-state index in [1.54, 1.807) is 24.0 Å². The minimum Gasteiger partial charge on any atom is -0.502 e. The van der Waals surface area contributed by atoms with Gasteiger partial charge >= 0.3 is 5.63 Å². The van der Waals surface area contributed by atoms with Gasteiger partial charge in [-0.3, -0.25) is 0 Å². The molecule has 2 heterocycles. The van der Waals surface area contributed by atoms with Crippen molar-refractivity contribution in [3.05, 3.63) is 65.9 Å². The van der Waals surface area contributed by atoms with Crippen LogP contribution in [0.4, 0.5) is 0 Å². The quantitative estimate of drug-likeness (QED) is 0.107. The molecule has 2 aromatic heterocycles. The molecule has 3 rings (SSSR count). The SMILES string of the molecule is C=COCCCCCCCCCCCCOc1cc2oc(=O)c(-c3ccc(SC)cc3)cc2cn1. The molecule has 6 heteroatoms. The number of benzene rings is 1. The number of nitrogens with zero attached hydrogens (tertiary/aromatic N) is 1. The molecule has 0 saturated carbocycles. The van der Waals surface area contributed by atoms with Crippen molar-refractivity contribution in [2.24, 2.45) is 0 Å². The van der Waals surface area contributed by atoms with Crippen molar-refractivity contribution in [2.45, 2.75) is 69.1 Å². The smallest absolute Gasteiger partial charge is 0.344 e. The van der Waals surface area contributed by atoms with E-state index in [0.717, 1.165) is 41.7 Å². The summed E-state index contributed by atoms with van der Waals surface area (Å²) in [5.74, 6) is 0.496. The van der Waals surface area contributed by atoms with E-state index in [4.69, 9.17) is 13.9 Å². The molecule has 1 aromatic carbocycles. The Morgan fingerprint density at radius 3 is 2.17 bits per heavy atom. The molecule has 0 atom stereocenters. The summed E-state index contributed by atoms with van der Waals surface area (Å²) >= 11 is 1.67. The number of hydrogen-bond acceptors (Lipinski definition) is 6. The summed E-state index contributed by atoms with van der Waals surface area (Å²) in [4.78, 5) is 18.1. The first kappa shape index (κ1) is 26.9. The zero-order valence-electron chi connectivity index (χ0n) is 20.8. The molecule has 3 aromatic rings. The topological polar surface area (TPSA) is 61.6 Å². The van der Waals surface area contributed by atoms with E-state index in [0.29, 0.717) is 23.6 Å². The normalized spacial score (nSPS) is 11.0. The zero-order chi connectivity index (χ0) is 24.7. The van der Waals surface area contributed by atoms with E-state index < -0.39 is 0 Å². The molecule has 188 valence electrons. The first-order valence-electron chi connectivity index (χ1n) is 12.6. The molecular formula is C29H37NO4S. The minimum atomic E-state index is -0.353. The lowest BCUT2D eigenvalue weighted by molar-refractivity contribution is 0.241. The first-order chi connectivity index (χ1) is 17.2. The van der Waals surface area contributed by atoms with Crippen LogP contribution in [0.1, 0.15) is 64.2 Å². The second-order valence-electron chi connectivity index (χ2n) is 8.66. The molecule has 0 radical (unpaired) electrons. The van der Waals surface area contributed by atoms with Gasteiger partial charge in [-0.25, -0.2) is 9.78 Å². The molecule has 5 nitrogen and oxygen atoms in total. The largest absolute Gasteiger partial charge is 0.502 e. The summed E-state index contributed by atoms with van der Waals surface area (Å²) in [5, 5.41) is 0.783. The van der Waals surface area contributed by atoms with Gasteiger partial charge in [-0.15, -0.1) is 11.8 Å². The van der Waals surface area contributed by atoms with Crippen LogP contribution in [0.3, 0.4) is 0 Å². The monoisotopic (exact) mass is 495 g/mol. The summed E-state index contributed by atoms with van der Waals surface area (Å²) in [7, 11) is 0. The van der Waals surface area contributed by atoms with Gasteiger partial charge in [0.2, 0.25) is 5.88 Å². The number of hydrogen-bond donors (Lipinski definition) is 0. The summed E-state index contributed by atoms with van der Waals surface area (Å²) in [6, 6.07) is 11.4.